The number of rotatable bonds is 5. The predicted octanol–water partition coefficient (Wildman–Crippen LogP) is 2.69. The van der Waals surface area contributed by atoms with Gasteiger partial charge in [-0.05, 0) is 37.6 Å². The molecule has 0 radical (unpaired) electrons. The van der Waals surface area contributed by atoms with E-state index < -0.39 is 0 Å². The van der Waals surface area contributed by atoms with Gasteiger partial charge in [0.05, 0.1) is 5.69 Å². The van der Waals surface area contributed by atoms with Crippen LogP contribution in [0.3, 0.4) is 0 Å². The Morgan fingerprint density at radius 1 is 1.28 bits per heavy atom. The molecule has 2 aromatic rings. The molecule has 2 N–H and O–H groups in total. The zero-order valence-corrected chi connectivity index (χ0v) is 10.9. The van der Waals surface area contributed by atoms with Crippen molar-refractivity contribution < 1.29 is 0 Å². The molecule has 1 aromatic carbocycles. The summed E-state index contributed by atoms with van der Waals surface area (Å²) in [5.41, 5.74) is 2.78. The smallest absolute Gasteiger partial charge is 0.271 e. The number of aromatic amines is 1. The molecule has 4 nitrogen and oxygen atoms in total. The van der Waals surface area contributed by atoms with Gasteiger partial charge in [0.2, 0.25) is 0 Å². The van der Waals surface area contributed by atoms with Crippen molar-refractivity contribution in [1.82, 2.24) is 9.78 Å². The SMILES string of the molecule is CCCCNc1ccc(-n2[nH]c(C)cc2=O)cc1. The summed E-state index contributed by atoms with van der Waals surface area (Å²) in [5, 5.41) is 6.36. The average molecular weight is 245 g/mol. The maximum atomic E-state index is 11.7. The molecule has 0 saturated carbocycles. The molecular formula is C14H19N3O. The summed E-state index contributed by atoms with van der Waals surface area (Å²) in [5.74, 6) is 0. The van der Waals surface area contributed by atoms with Gasteiger partial charge in [-0.2, -0.15) is 0 Å². The lowest BCUT2D eigenvalue weighted by molar-refractivity contribution is 0.830. The van der Waals surface area contributed by atoms with Crippen LogP contribution in [0, 0.1) is 6.92 Å². The minimum absolute atomic E-state index is 0.0285. The third-order valence-electron chi connectivity index (χ3n) is 2.83. The van der Waals surface area contributed by atoms with E-state index in [2.05, 4.69) is 17.3 Å². The second-order valence-corrected chi connectivity index (χ2v) is 4.44. The molecule has 4 heteroatoms. The van der Waals surface area contributed by atoms with Crippen LogP contribution in [0.5, 0.6) is 0 Å². The third-order valence-corrected chi connectivity index (χ3v) is 2.83. The molecule has 96 valence electrons. The second-order valence-electron chi connectivity index (χ2n) is 4.44. The summed E-state index contributed by atoms with van der Waals surface area (Å²) >= 11 is 0. The number of hydrogen-bond acceptors (Lipinski definition) is 2. The molecule has 18 heavy (non-hydrogen) atoms. The van der Waals surface area contributed by atoms with E-state index in [4.69, 9.17) is 0 Å². The Bertz CT molecular complexity index is 551. The van der Waals surface area contributed by atoms with Crippen LogP contribution in [-0.4, -0.2) is 16.3 Å². The number of aryl methyl sites for hydroxylation is 1. The molecule has 0 atom stereocenters. The normalized spacial score (nSPS) is 10.6. The summed E-state index contributed by atoms with van der Waals surface area (Å²) in [6.07, 6.45) is 2.35. The molecule has 0 aliphatic carbocycles. The molecule has 1 heterocycles. The highest BCUT2D eigenvalue weighted by molar-refractivity contribution is 5.48. The van der Waals surface area contributed by atoms with Crippen molar-refractivity contribution in [3.8, 4) is 5.69 Å². The van der Waals surface area contributed by atoms with Crippen molar-refractivity contribution in [1.29, 1.82) is 0 Å². The van der Waals surface area contributed by atoms with Crippen LogP contribution in [-0.2, 0) is 0 Å². The second kappa shape index (κ2) is 5.58. The van der Waals surface area contributed by atoms with Gasteiger partial charge >= 0.3 is 0 Å². The average Bonchev–Trinajstić information content (AvgIpc) is 2.70. The molecule has 0 aliphatic heterocycles. The van der Waals surface area contributed by atoms with Gasteiger partial charge in [0.1, 0.15) is 0 Å². The Balaban J connectivity index is 2.12. The quantitative estimate of drug-likeness (QED) is 0.796. The minimum Gasteiger partial charge on any atom is -0.385 e. The van der Waals surface area contributed by atoms with Gasteiger partial charge in [-0.1, -0.05) is 13.3 Å². The Morgan fingerprint density at radius 2 is 2.00 bits per heavy atom. The van der Waals surface area contributed by atoms with Crippen LogP contribution in [0.15, 0.2) is 35.1 Å². The lowest BCUT2D eigenvalue weighted by Crippen LogP contribution is -2.13. The Hall–Kier alpha value is -1.97. The Kier molecular flexibility index (Phi) is 3.87. The zero-order chi connectivity index (χ0) is 13.0. The van der Waals surface area contributed by atoms with Crippen molar-refractivity contribution in [3.05, 3.63) is 46.4 Å². The number of benzene rings is 1. The fraction of sp³-hybridized carbons (Fsp3) is 0.357. The Labute approximate surface area is 107 Å². The lowest BCUT2D eigenvalue weighted by atomic mass is 10.2. The van der Waals surface area contributed by atoms with E-state index in [0.29, 0.717) is 0 Å². The molecule has 0 bridgehead atoms. The fourth-order valence-electron chi connectivity index (χ4n) is 1.84. The van der Waals surface area contributed by atoms with Crippen LogP contribution in [0.1, 0.15) is 25.5 Å². The highest BCUT2D eigenvalue weighted by Gasteiger charge is 2.02. The molecule has 2 rings (SSSR count). The van der Waals surface area contributed by atoms with E-state index in [-0.39, 0.29) is 5.56 Å². The van der Waals surface area contributed by atoms with Crippen LogP contribution in [0.25, 0.3) is 5.69 Å². The Morgan fingerprint density at radius 3 is 2.56 bits per heavy atom. The number of aromatic nitrogens is 2. The first-order valence-corrected chi connectivity index (χ1v) is 6.33. The number of H-pyrrole nitrogens is 1. The molecule has 0 saturated heterocycles. The number of hydrogen-bond donors (Lipinski definition) is 2. The molecule has 0 aliphatic rings. The largest absolute Gasteiger partial charge is 0.385 e. The van der Waals surface area contributed by atoms with E-state index in [1.54, 1.807) is 10.7 Å². The first-order chi connectivity index (χ1) is 8.70. The van der Waals surface area contributed by atoms with E-state index in [1.165, 1.54) is 6.42 Å². The van der Waals surface area contributed by atoms with E-state index >= 15 is 0 Å². The van der Waals surface area contributed by atoms with Crippen LogP contribution in [0.2, 0.25) is 0 Å². The van der Waals surface area contributed by atoms with E-state index in [9.17, 15) is 4.79 Å². The van der Waals surface area contributed by atoms with Crippen LogP contribution < -0.4 is 10.9 Å². The molecule has 0 unspecified atom stereocenters. The summed E-state index contributed by atoms with van der Waals surface area (Å²) in [7, 11) is 0. The summed E-state index contributed by atoms with van der Waals surface area (Å²) in [6.45, 7) is 5.03. The number of anilines is 1. The number of unbranched alkanes of at least 4 members (excludes halogenated alkanes) is 1. The van der Waals surface area contributed by atoms with Gasteiger partial charge in [0, 0.05) is 24.0 Å². The van der Waals surface area contributed by atoms with Crippen LogP contribution >= 0.6 is 0 Å². The summed E-state index contributed by atoms with van der Waals surface area (Å²) < 4.78 is 1.55. The maximum absolute atomic E-state index is 11.7. The molecular weight excluding hydrogens is 226 g/mol. The van der Waals surface area contributed by atoms with Crippen molar-refractivity contribution in [2.75, 3.05) is 11.9 Å². The van der Waals surface area contributed by atoms with Gasteiger partial charge in [-0.25, -0.2) is 4.68 Å². The minimum atomic E-state index is -0.0285. The molecule has 0 fully saturated rings. The predicted molar refractivity (Wildman–Crippen MR) is 74.5 cm³/mol. The highest BCUT2D eigenvalue weighted by Crippen LogP contribution is 2.11. The topological polar surface area (TPSA) is 49.8 Å². The van der Waals surface area contributed by atoms with Gasteiger partial charge in [-0.3, -0.25) is 9.89 Å². The first-order valence-electron chi connectivity index (χ1n) is 6.33. The fourth-order valence-corrected chi connectivity index (χ4v) is 1.84. The van der Waals surface area contributed by atoms with Crippen molar-refractivity contribution >= 4 is 5.69 Å². The van der Waals surface area contributed by atoms with Gasteiger partial charge in [-0.15, -0.1) is 0 Å². The van der Waals surface area contributed by atoms with E-state index in [1.807, 2.05) is 31.2 Å². The van der Waals surface area contributed by atoms with E-state index in [0.717, 1.165) is 30.0 Å². The molecule has 0 spiro atoms. The highest BCUT2D eigenvalue weighted by atomic mass is 16.1. The summed E-state index contributed by atoms with van der Waals surface area (Å²) in [4.78, 5) is 11.7. The van der Waals surface area contributed by atoms with Crippen molar-refractivity contribution in [2.24, 2.45) is 0 Å². The zero-order valence-electron chi connectivity index (χ0n) is 10.9. The summed E-state index contributed by atoms with van der Waals surface area (Å²) in [6, 6.07) is 9.45. The monoisotopic (exact) mass is 245 g/mol. The van der Waals surface area contributed by atoms with Gasteiger partial charge in [0.25, 0.3) is 5.56 Å². The number of nitrogens with zero attached hydrogens (tertiary/aromatic N) is 1. The van der Waals surface area contributed by atoms with Crippen molar-refractivity contribution in [2.45, 2.75) is 26.7 Å². The van der Waals surface area contributed by atoms with Crippen LogP contribution in [0.4, 0.5) is 5.69 Å². The molecule has 0 amide bonds. The molecule has 1 aromatic heterocycles. The van der Waals surface area contributed by atoms with Gasteiger partial charge < -0.3 is 5.32 Å². The van der Waals surface area contributed by atoms with Crippen molar-refractivity contribution in [3.63, 3.8) is 0 Å². The maximum Gasteiger partial charge on any atom is 0.271 e. The number of nitrogens with one attached hydrogen (secondary N) is 2. The standard InChI is InChI=1S/C14H19N3O/c1-3-4-9-15-12-5-7-13(8-6-12)17-14(18)10-11(2)16-17/h5-8,10,15-16H,3-4,9H2,1-2H3. The first kappa shape index (κ1) is 12.5. The van der Waals surface area contributed by atoms with Gasteiger partial charge in [0.15, 0.2) is 0 Å². The lowest BCUT2D eigenvalue weighted by Gasteiger charge is -2.07. The third kappa shape index (κ3) is 2.83.